The fourth-order valence-corrected chi connectivity index (χ4v) is 2.40. The summed E-state index contributed by atoms with van der Waals surface area (Å²) in [5.74, 6) is -3.63. The van der Waals surface area contributed by atoms with Crippen LogP contribution < -0.4 is 0 Å². The average molecular weight is 266 g/mol. The first-order valence-electron chi connectivity index (χ1n) is 5.98. The first-order valence-corrected chi connectivity index (χ1v) is 5.98. The lowest BCUT2D eigenvalue weighted by molar-refractivity contribution is -0.153. The topological polar surface area (TPSA) is 69.7 Å². The molecule has 0 amide bonds. The molecule has 0 saturated heterocycles. The van der Waals surface area contributed by atoms with Gasteiger partial charge in [-0.05, 0) is 19.9 Å². The van der Waals surface area contributed by atoms with E-state index in [-0.39, 0.29) is 5.78 Å². The van der Waals surface area contributed by atoms with Crippen molar-refractivity contribution in [1.82, 2.24) is 0 Å². The van der Waals surface area contributed by atoms with Crippen molar-refractivity contribution < 1.29 is 23.9 Å². The summed E-state index contributed by atoms with van der Waals surface area (Å²) in [5.41, 5.74) is 0.597. The number of carbonyl (C=O) groups excluding carboxylic acids is 3. The number of esters is 2. The average Bonchev–Trinajstić information content (AvgIpc) is 2.37. The molecule has 1 rings (SSSR count). The van der Waals surface area contributed by atoms with Gasteiger partial charge in [0, 0.05) is 5.92 Å². The lowest BCUT2D eigenvalue weighted by Gasteiger charge is -2.31. The summed E-state index contributed by atoms with van der Waals surface area (Å²) in [4.78, 5) is 35.6. The minimum Gasteiger partial charge on any atom is -0.469 e. The highest BCUT2D eigenvalue weighted by molar-refractivity contribution is 6.07. The molecule has 0 aromatic heterocycles. The van der Waals surface area contributed by atoms with Gasteiger partial charge in [0.25, 0.3) is 0 Å². The molecule has 19 heavy (non-hydrogen) atoms. The van der Waals surface area contributed by atoms with Gasteiger partial charge in [-0.1, -0.05) is 17.7 Å². The highest BCUT2D eigenvalue weighted by atomic mass is 16.5. The maximum Gasteiger partial charge on any atom is 0.317 e. The van der Waals surface area contributed by atoms with Gasteiger partial charge in [0.15, 0.2) is 5.78 Å². The summed E-state index contributed by atoms with van der Waals surface area (Å²) >= 11 is 0. The summed E-state index contributed by atoms with van der Waals surface area (Å²) in [6.07, 6.45) is 4.71. The molecule has 1 aliphatic carbocycles. The van der Waals surface area contributed by atoms with Crippen LogP contribution in [-0.2, 0) is 23.9 Å². The van der Waals surface area contributed by atoms with Crippen LogP contribution in [0.1, 0.15) is 13.8 Å². The van der Waals surface area contributed by atoms with Crippen LogP contribution in [0, 0.1) is 17.8 Å². The van der Waals surface area contributed by atoms with E-state index in [1.54, 1.807) is 26.0 Å². The van der Waals surface area contributed by atoms with Crippen molar-refractivity contribution >= 4 is 17.7 Å². The summed E-state index contributed by atoms with van der Waals surface area (Å²) in [5, 5.41) is 0. The second kappa shape index (κ2) is 6.31. The van der Waals surface area contributed by atoms with E-state index >= 15 is 0 Å². The fraction of sp³-hybridized carbons (Fsp3) is 0.500. The largest absolute Gasteiger partial charge is 0.469 e. The number of allylic oxidation sites excluding steroid dienone is 3. The van der Waals surface area contributed by atoms with Crippen LogP contribution in [0.2, 0.25) is 0 Å². The Morgan fingerprint density at radius 1 is 1.16 bits per heavy atom. The number of methoxy groups -OCH3 is 2. The third-order valence-corrected chi connectivity index (χ3v) is 3.26. The summed E-state index contributed by atoms with van der Waals surface area (Å²) in [6, 6.07) is 0. The zero-order chi connectivity index (χ0) is 14.6. The highest BCUT2D eigenvalue weighted by Crippen LogP contribution is 2.35. The molecule has 0 radical (unpaired) electrons. The Labute approximate surface area is 112 Å². The van der Waals surface area contributed by atoms with Crippen LogP contribution in [-0.4, -0.2) is 31.9 Å². The smallest absolute Gasteiger partial charge is 0.317 e. The number of carbonyl (C=O) groups is 3. The zero-order valence-corrected chi connectivity index (χ0v) is 11.5. The van der Waals surface area contributed by atoms with Gasteiger partial charge < -0.3 is 9.47 Å². The van der Waals surface area contributed by atoms with E-state index in [2.05, 4.69) is 4.74 Å². The molecule has 5 nitrogen and oxygen atoms in total. The molecule has 0 saturated carbocycles. The SMILES string of the molecule is C/C=C/C1C(C(=O)OC)C(=O)C=C(C)C1C(=O)OC. The summed E-state index contributed by atoms with van der Waals surface area (Å²) in [7, 11) is 2.51. The zero-order valence-electron chi connectivity index (χ0n) is 11.5. The van der Waals surface area contributed by atoms with E-state index in [1.807, 2.05) is 0 Å². The first-order chi connectivity index (χ1) is 8.97. The van der Waals surface area contributed by atoms with Crippen LogP contribution in [0.5, 0.6) is 0 Å². The molecular weight excluding hydrogens is 248 g/mol. The van der Waals surface area contributed by atoms with Crippen molar-refractivity contribution in [1.29, 1.82) is 0 Å². The third kappa shape index (κ3) is 2.92. The van der Waals surface area contributed by atoms with E-state index in [4.69, 9.17) is 4.74 Å². The fourth-order valence-electron chi connectivity index (χ4n) is 2.40. The lowest BCUT2D eigenvalue weighted by Crippen LogP contribution is -2.41. The molecule has 0 aromatic carbocycles. The predicted molar refractivity (Wildman–Crippen MR) is 68.1 cm³/mol. The normalized spacial score (nSPS) is 27.1. The number of hydrogen-bond acceptors (Lipinski definition) is 5. The Kier molecular flexibility index (Phi) is 5.03. The molecule has 0 spiro atoms. The molecule has 3 unspecified atom stereocenters. The van der Waals surface area contributed by atoms with Gasteiger partial charge >= 0.3 is 11.9 Å². The first kappa shape index (κ1) is 15.1. The van der Waals surface area contributed by atoms with Crippen LogP contribution in [0.25, 0.3) is 0 Å². The Hall–Kier alpha value is -1.91. The standard InChI is InChI=1S/C14H18O5/c1-5-6-9-11(13(16)18-3)8(2)7-10(15)12(9)14(17)19-4/h5-7,9,11-12H,1-4H3/b6-5+. The third-order valence-electron chi connectivity index (χ3n) is 3.26. The Morgan fingerprint density at radius 3 is 2.16 bits per heavy atom. The van der Waals surface area contributed by atoms with E-state index in [0.717, 1.165) is 0 Å². The monoisotopic (exact) mass is 266 g/mol. The number of ether oxygens (including phenoxy) is 2. The van der Waals surface area contributed by atoms with Crippen molar-refractivity contribution in [3.05, 3.63) is 23.8 Å². The van der Waals surface area contributed by atoms with E-state index < -0.39 is 29.7 Å². The second-order valence-corrected chi connectivity index (χ2v) is 4.40. The maximum absolute atomic E-state index is 12.0. The van der Waals surface area contributed by atoms with Crippen molar-refractivity contribution in [2.75, 3.05) is 14.2 Å². The van der Waals surface area contributed by atoms with E-state index in [0.29, 0.717) is 5.57 Å². The molecule has 0 N–H and O–H groups in total. The van der Waals surface area contributed by atoms with Crippen LogP contribution >= 0.6 is 0 Å². The van der Waals surface area contributed by atoms with Crippen LogP contribution in [0.15, 0.2) is 23.8 Å². The van der Waals surface area contributed by atoms with E-state index in [9.17, 15) is 14.4 Å². The van der Waals surface area contributed by atoms with Crippen molar-refractivity contribution in [2.24, 2.45) is 17.8 Å². The van der Waals surface area contributed by atoms with E-state index in [1.165, 1.54) is 20.3 Å². The molecule has 5 heteroatoms. The predicted octanol–water partition coefficient (Wildman–Crippen LogP) is 1.29. The molecule has 3 atom stereocenters. The minimum absolute atomic E-state index is 0.340. The van der Waals surface area contributed by atoms with Crippen LogP contribution in [0.4, 0.5) is 0 Å². The van der Waals surface area contributed by atoms with Gasteiger partial charge in [-0.15, -0.1) is 0 Å². The molecular formula is C14H18O5. The number of rotatable bonds is 3. The Bertz CT molecular complexity index is 447. The summed E-state index contributed by atoms with van der Waals surface area (Å²) in [6.45, 7) is 3.45. The van der Waals surface area contributed by atoms with Gasteiger partial charge in [-0.3, -0.25) is 14.4 Å². The summed E-state index contributed by atoms with van der Waals surface area (Å²) < 4.78 is 9.42. The molecule has 0 bridgehead atoms. The molecule has 1 aliphatic rings. The Balaban J connectivity index is 3.29. The minimum atomic E-state index is -0.992. The van der Waals surface area contributed by atoms with Gasteiger partial charge in [0.2, 0.25) is 0 Å². The quantitative estimate of drug-likeness (QED) is 0.437. The highest BCUT2D eigenvalue weighted by Gasteiger charge is 2.45. The van der Waals surface area contributed by atoms with Crippen molar-refractivity contribution in [2.45, 2.75) is 13.8 Å². The Morgan fingerprint density at radius 2 is 1.68 bits per heavy atom. The molecule has 0 heterocycles. The molecule has 0 aromatic rings. The number of ketones is 1. The van der Waals surface area contributed by atoms with Gasteiger partial charge in [0.1, 0.15) is 5.92 Å². The van der Waals surface area contributed by atoms with Crippen LogP contribution in [0.3, 0.4) is 0 Å². The molecule has 104 valence electrons. The van der Waals surface area contributed by atoms with Gasteiger partial charge in [0.05, 0.1) is 20.1 Å². The van der Waals surface area contributed by atoms with Crippen molar-refractivity contribution in [3.63, 3.8) is 0 Å². The lowest BCUT2D eigenvalue weighted by atomic mass is 9.71. The van der Waals surface area contributed by atoms with Gasteiger partial charge in [-0.2, -0.15) is 0 Å². The second-order valence-electron chi connectivity index (χ2n) is 4.40. The maximum atomic E-state index is 12.0. The van der Waals surface area contributed by atoms with Crippen molar-refractivity contribution in [3.8, 4) is 0 Å². The number of hydrogen-bond donors (Lipinski definition) is 0. The molecule has 0 aliphatic heterocycles. The molecule has 0 fully saturated rings. The van der Waals surface area contributed by atoms with Gasteiger partial charge in [-0.25, -0.2) is 0 Å².